The van der Waals surface area contributed by atoms with E-state index in [1.54, 1.807) is 6.07 Å². The minimum Gasteiger partial charge on any atom is -0.397 e. The van der Waals surface area contributed by atoms with Crippen LogP contribution in [-0.2, 0) is 43.0 Å². The fourth-order valence-electron chi connectivity index (χ4n) is 6.34. The summed E-state index contributed by atoms with van der Waals surface area (Å²) in [5.41, 5.74) is 11.9. The fourth-order valence-corrected chi connectivity index (χ4v) is 6.34. The summed E-state index contributed by atoms with van der Waals surface area (Å²) in [7, 11) is 0. The molecule has 2 aromatic carbocycles. The molecule has 10 nitrogen and oxygen atoms in total. The van der Waals surface area contributed by atoms with Crippen LogP contribution < -0.4 is 15.5 Å². The van der Waals surface area contributed by atoms with Crippen LogP contribution in [0.5, 0.6) is 0 Å². The van der Waals surface area contributed by atoms with E-state index in [9.17, 15) is 10.1 Å². The van der Waals surface area contributed by atoms with Crippen LogP contribution in [0.1, 0.15) is 49.7 Å². The Morgan fingerprint density at radius 1 is 0.667 bits per heavy atom. The van der Waals surface area contributed by atoms with Crippen molar-refractivity contribution in [3.05, 3.63) is 65.1 Å². The summed E-state index contributed by atoms with van der Waals surface area (Å²) in [5.74, 6) is 0. The van der Waals surface area contributed by atoms with Crippen molar-refractivity contribution in [3.63, 3.8) is 0 Å². The van der Waals surface area contributed by atoms with Gasteiger partial charge in [-0.05, 0) is 67.9 Å². The Hall–Kier alpha value is -1.97. The van der Waals surface area contributed by atoms with Crippen molar-refractivity contribution in [1.29, 1.82) is 0 Å². The molecule has 0 unspecified atom stereocenters. The first-order valence-corrected chi connectivity index (χ1v) is 15.8. The largest absolute Gasteiger partial charge is 0.397 e. The number of nitrogens with zero attached hydrogens (tertiary/aromatic N) is 5. The van der Waals surface area contributed by atoms with Crippen LogP contribution in [0.15, 0.2) is 36.4 Å². The predicted octanol–water partition coefficient (Wildman–Crippen LogP) is 5.38. The first-order valence-electron chi connectivity index (χ1n) is 15.8. The second-order valence-corrected chi connectivity index (χ2v) is 11.8. The van der Waals surface area contributed by atoms with Crippen molar-refractivity contribution in [1.82, 2.24) is 9.80 Å². The van der Waals surface area contributed by atoms with Gasteiger partial charge in [0.15, 0.2) is 0 Å². The molecule has 4 aliphatic rings. The van der Waals surface area contributed by atoms with Gasteiger partial charge in [-0.3, -0.25) is 19.9 Å². The average Bonchev–Trinajstić information content (AvgIpc) is 3.04. The number of benzene rings is 2. The number of ether oxygens (including phenoxy) is 2. The Bertz CT molecular complexity index is 1150. The Morgan fingerprint density at radius 3 is 1.56 bits per heavy atom. The number of nitrogens with two attached hydrogens (primary N) is 1. The monoisotopic (exact) mass is 737 g/mol. The number of morpholine rings is 2. The van der Waals surface area contributed by atoms with Gasteiger partial charge in [-0.25, -0.2) is 0 Å². The molecule has 6 rings (SSSR count). The van der Waals surface area contributed by atoms with Gasteiger partial charge in [-0.1, -0.05) is 12.1 Å². The SMILES string of the molecule is Cl.Nc1ccc(CN2CCOCC2)cc1N1CCCCC1.O=[N+]([O-])c1ccc(CN2CCOCC2)cc1N1CCCCC1.[CH3-].[Pd]. The van der Waals surface area contributed by atoms with Crippen molar-refractivity contribution < 1.29 is 34.8 Å². The Kier molecular flexibility index (Phi) is 17.7. The van der Waals surface area contributed by atoms with Crippen LogP contribution in [0.25, 0.3) is 0 Å². The van der Waals surface area contributed by atoms with Crippen LogP contribution >= 0.6 is 12.4 Å². The second-order valence-electron chi connectivity index (χ2n) is 11.8. The van der Waals surface area contributed by atoms with E-state index in [0.717, 1.165) is 122 Å². The van der Waals surface area contributed by atoms with Gasteiger partial charge >= 0.3 is 0 Å². The van der Waals surface area contributed by atoms with Gasteiger partial charge in [0.1, 0.15) is 5.69 Å². The van der Waals surface area contributed by atoms with E-state index in [1.807, 2.05) is 12.1 Å². The zero-order valence-corrected chi connectivity index (χ0v) is 29.1. The molecule has 4 fully saturated rings. The number of hydrogen-bond donors (Lipinski definition) is 1. The van der Waals surface area contributed by atoms with Gasteiger partial charge in [0.05, 0.1) is 42.7 Å². The van der Waals surface area contributed by atoms with E-state index >= 15 is 0 Å². The molecule has 2 aromatic rings. The normalized spacial score (nSPS) is 19.2. The van der Waals surface area contributed by atoms with Crippen LogP contribution in [0.3, 0.4) is 0 Å². The minimum absolute atomic E-state index is 0. The molecular weight excluding hydrogens is 686 g/mol. The van der Waals surface area contributed by atoms with E-state index in [0.29, 0.717) is 0 Å². The summed E-state index contributed by atoms with van der Waals surface area (Å²) in [5, 5.41) is 11.3. The minimum atomic E-state index is -0.261. The van der Waals surface area contributed by atoms with Gasteiger partial charge in [0, 0.05) is 91.9 Å². The maximum absolute atomic E-state index is 11.3. The molecule has 0 bridgehead atoms. The Labute approximate surface area is 289 Å². The van der Waals surface area contributed by atoms with Crippen LogP contribution in [0, 0.1) is 17.5 Å². The number of rotatable bonds is 7. The third kappa shape index (κ3) is 11.7. The van der Waals surface area contributed by atoms with Gasteiger partial charge in [-0.2, -0.15) is 0 Å². The number of hydrogen-bond acceptors (Lipinski definition) is 9. The van der Waals surface area contributed by atoms with Crippen molar-refractivity contribution in [2.45, 2.75) is 51.6 Å². The molecule has 256 valence electrons. The van der Waals surface area contributed by atoms with E-state index in [1.165, 1.54) is 36.9 Å². The predicted molar refractivity (Wildman–Crippen MR) is 182 cm³/mol. The fraction of sp³-hybridized carbons (Fsp3) is 0.606. The molecular formula is C33H52ClN6O4Pd-. The molecule has 12 heteroatoms. The second kappa shape index (κ2) is 20.3. The summed E-state index contributed by atoms with van der Waals surface area (Å²) in [6, 6.07) is 12.1. The molecule has 4 saturated heterocycles. The molecule has 0 amide bonds. The van der Waals surface area contributed by atoms with E-state index < -0.39 is 0 Å². The molecule has 45 heavy (non-hydrogen) atoms. The maximum Gasteiger partial charge on any atom is 0.292 e. The molecule has 0 atom stereocenters. The van der Waals surface area contributed by atoms with E-state index in [2.05, 4.69) is 37.8 Å². The van der Waals surface area contributed by atoms with Gasteiger partial charge in [0.2, 0.25) is 0 Å². The number of nitro benzene ring substituents is 1. The number of piperidine rings is 2. The van der Waals surface area contributed by atoms with Crippen molar-refractivity contribution in [2.24, 2.45) is 0 Å². The van der Waals surface area contributed by atoms with E-state index in [-0.39, 0.29) is 50.9 Å². The molecule has 4 heterocycles. The van der Waals surface area contributed by atoms with Gasteiger partial charge in [-0.15, -0.1) is 12.4 Å². The third-order valence-corrected chi connectivity index (χ3v) is 8.74. The van der Waals surface area contributed by atoms with Gasteiger partial charge in [0.25, 0.3) is 5.69 Å². The van der Waals surface area contributed by atoms with Crippen LogP contribution in [-0.4, -0.2) is 93.5 Å². The first-order chi connectivity index (χ1) is 20.6. The molecule has 0 radical (unpaired) electrons. The third-order valence-electron chi connectivity index (χ3n) is 8.74. The zero-order valence-electron chi connectivity index (χ0n) is 26.8. The van der Waals surface area contributed by atoms with E-state index in [4.69, 9.17) is 15.2 Å². The van der Waals surface area contributed by atoms with Crippen LogP contribution in [0.2, 0.25) is 0 Å². The molecule has 0 aromatic heterocycles. The summed E-state index contributed by atoms with van der Waals surface area (Å²) < 4.78 is 10.8. The molecule has 0 saturated carbocycles. The molecule has 2 N–H and O–H groups in total. The van der Waals surface area contributed by atoms with Crippen molar-refractivity contribution >= 4 is 35.2 Å². The maximum atomic E-state index is 11.3. The number of nitro groups is 1. The number of anilines is 3. The summed E-state index contributed by atoms with van der Waals surface area (Å²) in [6.45, 7) is 13.1. The quantitative estimate of drug-likeness (QED) is 0.132. The average molecular weight is 739 g/mol. The first kappa shape index (κ1) is 39.2. The molecule has 4 aliphatic heterocycles. The topological polar surface area (TPSA) is 101 Å². The molecule has 0 spiro atoms. The van der Waals surface area contributed by atoms with Crippen LogP contribution in [0.4, 0.5) is 22.7 Å². The molecule has 0 aliphatic carbocycles. The number of halogens is 1. The summed E-state index contributed by atoms with van der Waals surface area (Å²) >= 11 is 0. The Balaban J connectivity index is 0.000000295. The van der Waals surface area contributed by atoms with Gasteiger partial charge < -0.3 is 32.4 Å². The summed E-state index contributed by atoms with van der Waals surface area (Å²) in [6.07, 6.45) is 7.37. The summed E-state index contributed by atoms with van der Waals surface area (Å²) in [4.78, 5) is 20.5. The van der Waals surface area contributed by atoms with Crippen molar-refractivity contribution in [2.75, 3.05) is 94.3 Å². The Morgan fingerprint density at radius 2 is 1.09 bits per heavy atom. The number of nitrogen functional groups attached to an aromatic ring is 1. The standard InChI is InChI=1S/C16H23N3O3.C16H25N3O.CH3.ClH.Pd/c20-19(21)15-5-4-14(13-17-8-10-22-11-9-17)12-16(15)18-6-2-1-3-7-18;17-15-5-4-14(13-18-8-10-20-11-9-18)12-16(15)19-6-2-1-3-7-19;;;/h4-5,12H,1-3,6-11,13H2;4-5,12H,1-3,6-11,13,17H2;1H3;1H;/q;;-1;;. The zero-order chi connectivity index (χ0) is 29.1. The van der Waals surface area contributed by atoms with Crippen molar-refractivity contribution in [3.8, 4) is 0 Å². The smallest absolute Gasteiger partial charge is 0.292 e.